The summed E-state index contributed by atoms with van der Waals surface area (Å²) in [4.78, 5) is 14.6. The largest absolute Gasteiger partial charge is 0.279 e. The molecule has 54 valence electrons. The molecular formula is C8H4ClNO. The zero-order valence-corrected chi connectivity index (χ0v) is 6.30. The van der Waals surface area contributed by atoms with Crippen LogP contribution in [-0.2, 0) is 0 Å². The van der Waals surface area contributed by atoms with Crippen molar-refractivity contribution in [1.82, 2.24) is 4.98 Å². The summed E-state index contributed by atoms with van der Waals surface area (Å²) in [5.41, 5.74) is 0.323. The molecule has 0 N–H and O–H groups in total. The molecule has 0 unspecified atom stereocenters. The molecule has 0 saturated heterocycles. The SMILES string of the molecule is C#CC(=O)c1ccncc1Cl. The first kappa shape index (κ1) is 7.77. The van der Waals surface area contributed by atoms with Crippen molar-refractivity contribution in [2.24, 2.45) is 0 Å². The van der Waals surface area contributed by atoms with Crippen molar-refractivity contribution in [1.29, 1.82) is 0 Å². The van der Waals surface area contributed by atoms with E-state index in [-0.39, 0.29) is 5.02 Å². The highest BCUT2D eigenvalue weighted by atomic mass is 35.5. The van der Waals surface area contributed by atoms with Crippen LogP contribution in [0.3, 0.4) is 0 Å². The van der Waals surface area contributed by atoms with Crippen molar-refractivity contribution in [3.63, 3.8) is 0 Å². The lowest BCUT2D eigenvalue weighted by atomic mass is 10.2. The van der Waals surface area contributed by atoms with Gasteiger partial charge in [0.1, 0.15) is 0 Å². The van der Waals surface area contributed by atoms with Crippen LogP contribution in [0.15, 0.2) is 18.5 Å². The molecular weight excluding hydrogens is 162 g/mol. The van der Waals surface area contributed by atoms with Gasteiger partial charge in [-0.05, 0) is 12.0 Å². The molecule has 0 radical (unpaired) electrons. The van der Waals surface area contributed by atoms with Crippen LogP contribution in [-0.4, -0.2) is 10.8 Å². The highest BCUT2D eigenvalue weighted by molar-refractivity contribution is 6.34. The summed E-state index contributed by atoms with van der Waals surface area (Å²) in [6.45, 7) is 0. The summed E-state index contributed by atoms with van der Waals surface area (Å²) >= 11 is 5.62. The lowest BCUT2D eigenvalue weighted by Gasteiger charge is -1.94. The number of nitrogens with zero attached hydrogens (tertiary/aromatic N) is 1. The lowest BCUT2D eigenvalue weighted by molar-refractivity contribution is 0.105. The number of carbonyl (C=O) groups excluding carboxylic acids is 1. The van der Waals surface area contributed by atoms with Crippen LogP contribution in [0, 0.1) is 12.3 Å². The van der Waals surface area contributed by atoms with E-state index in [9.17, 15) is 4.79 Å². The molecule has 0 atom stereocenters. The summed E-state index contributed by atoms with van der Waals surface area (Å²) in [6, 6.07) is 1.49. The van der Waals surface area contributed by atoms with E-state index in [2.05, 4.69) is 4.98 Å². The Kier molecular flexibility index (Phi) is 2.25. The Morgan fingerprint density at radius 1 is 1.73 bits per heavy atom. The number of Topliss-reactive ketones (excluding diaryl/α,β-unsaturated/α-hetero) is 1. The smallest absolute Gasteiger partial charge is 0.237 e. The van der Waals surface area contributed by atoms with Crippen molar-refractivity contribution < 1.29 is 4.79 Å². The van der Waals surface area contributed by atoms with Gasteiger partial charge in [-0.2, -0.15) is 0 Å². The van der Waals surface area contributed by atoms with Gasteiger partial charge in [-0.1, -0.05) is 11.6 Å². The molecule has 0 fully saturated rings. The zero-order chi connectivity index (χ0) is 8.27. The van der Waals surface area contributed by atoms with Crippen molar-refractivity contribution in [2.75, 3.05) is 0 Å². The molecule has 0 spiro atoms. The van der Waals surface area contributed by atoms with E-state index in [1.54, 1.807) is 0 Å². The average molecular weight is 166 g/mol. The first-order chi connectivity index (χ1) is 5.25. The Labute approximate surface area is 69.2 Å². The minimum Gasteiger partial charge on any atom is -0.279 e. The fourth-order valence-corrected chi connectivity index (χ4v) is 0.842. The van der Waals surface area contributed by atoms with Crippen LogP contribution in [0.1, 0.15) is 10.4 Å². The maximum absolute atomic E-state index is 10.9. The number of rotatable bonds is 1. The van der Waals surface area contributed by atoms with E-state index >= 15 is 0 Å². The van der Waals surface area contributed by atoms with Gasteiger partial charge in [0.05, 0.1) is 10.6 Å². The van der Waals surface area contributed by atoms with Gasteiger partial charge in [-0.25, -0.2) is 0 Å². The van der Waals surface area contributed by atoms with Crippen LogP contribution in [0.25, 0.3) is 0 Å². The quantitative estimate of drug-likeness (QED) is 0.359. The third-order valence-electron chi connectivity index (χ3n) is 1.15. The highest BCUT2D eigenvalue weighted by Crippen LogP contribution is 2.12. The molecule has 0 aromatic carbocycles. The van der Waals surface area contributed by atoms with Crippen LogP contribution in [0.5, 0.6) is 0 Å². The maximum atomic E-state index is 10.9. The molecule has 2 nitrogen and oxygen atoms in total. The van der Waals surface area contributed by atoms with E-state index in [1.807, 2.05) is 5.92 Å². The number of halogens is 1. The third kappa shape index (κ3) is 1.57. The Bertz CT molecular complexity index is 327. The summed E-state index contributed by atoms with van der Waals surface area (Å²) in [5.74, 6) is 1.55. The predicted octanol–water partition coefficient (Wildman–Crippen LogP) is 1.55. The van der Waals surface area contributed by atoms with Crippen molar-refractivity contribution in [3.05, 3.63) is 29.0 Å². The average Bonchev–Trinajstić information content (AvgIpc) is 2.04. The molecule has 0 amide bonds. The number of hydrogen-bond donors (Lipinski definition) is 0. The lowest BCUT2D eigenvalue weighted by Crippen LogP contribution is -1.95. The number of hydrogen-bond acceptors (Lipinski definition) is 2. The molecule has 1 aromatic heterocycles. The first-order valence-electron chi connectivity index (χ1n) is 2.86. The summed E-state index contributed by atoms with van der Waals surface area (Å²) in [7, 11) is 0. The van der Waals surface area contributed by atoms with Crippen LogP contribution >= 0.6 is 11.6 Å². The van der Waals surface area contributed by atoms with Gasteiger partial charge < -0.3 is 0 Å². The zero-order valence-electron chi connectivity index (χ0n) is 5.54. The van der Waals surface area contributed by atoms with Gasteiger partial charge in [0.15, 0.2) is 0 Å². The molecule has 1 heterocycles. The molecule has 0 aliphatic carbocycles. The van der Waals surface area contributed by atoms with E-state index < -0.39 is 5.78 Å². The molecule has 1 aromatic rings. The van der Waals surface area contributed by atoms with Crippen LogP contribution in [0.2, 0.25) is 5.02 Å². The standard InChI is InChI=1S/C8H4ClNO/c1-2-8(11)6-3-4-10-5-7(6)9/h1,3-5H. The molecule has 0 aliphatic heterocycles. The van der Waals surface area contributed by atoms with Crippen LogP contribution in [0.4, 0.5) is 0 Å². The van der Waals surface area contributed by atoms with Gasteiger partial charge in [0.2, 0.25) is 5.78 Å². The summed E-state index contributed by atoms with van der Waals surface area (Å²) in [5, 5.41) is 0.287. The second kappa shape index (κ2) is 3.18. The second-order valence-corrected chi connectivity index (χ2v) is 2.24. The molecule has 3 heteroatoms. The van der Waals surface area contributed by atoms with E-state index in [0.717, 1.165) is 0 Å². The monoisotopic (exact) mass is 165 g/mol. The number of carbonyl (C=O) groups is 1. The number of pyridine rings is 1. The van der Waals surface area contributed by atoms with Crippen molar-refractivity contribution >= 4 is 17.4 Å². The number of terminal acetylenes is 1. The fourth-order valence-electron chi connectivity index (χ4n) is 0.637. The number of aromatic nitrogens is 1. The van der Waals surface area contributed by atoms with Crippen molar-refractivity contribution in [3.8, 4) is 12.3 Å². The minimum absolute atomic E-state index is 0.287. The Morgan fingerprint density at radius 3 is 3.00 bits per heavy atom. The molecule has 11 heavy (non-hydrogen) atoms. The normalized spacial score (nSPS) is 8.73. The number of ketones is 1. The van der Waals surface area contributed by atoms with Gasteiger partial charge in [-0.15, -0.1) is 6.42 Å². The van der Waals surface area contributed by atoms with E-state index in [4.69, 9.17) is 18.0 Å². The Hall–Kier alpha value is -1.33. The second-order valence-electron chi connectivity index (χ2n) is 1.83. The molecule has 0 bridgehead atoms. The summed E-state index contributed by atoms with van der Waals surface area (Å²) in [6.07, 6.45) is 7.74. The van der Waals surface area contributed by atoms with E-state index in [1.165, 1.54) is 18.5 Å². The molecule has 0 aliphatic rings. The highest BCUT2D eigenvalue weighted by Gasteiger charge is 2.05. The van der Waals surface area contributed by atoms with Crippen LogP contribution < -0.4 is 0 Å². The van der Waals surface area contributed by atoms with Gasteiger partial charge >= 0.3 is 0 Å². The summed E-state index contributed by atoms with van der Waals surface area (Å²) < 4.78 is 0. The third-order valence-corrected chi connectivity index (χ3v) is 1.45. The Balaban J connectivity index is 3.16. The topological polar surface area (TPSA) is 30.0 Å². The molecule has 1 rings (SSSR count). The van der Waals surface area contributed by atoms with E-state index in [0.29, 0.717) is 5.56 Å². The molecule has 0 saturated carbocycles. The van der Waals surface area contributed by atoms with Crippen molar-refractivity contribution in [2.45, 2.75) is 0 Å². The van der Waals surface area contributed by atoms with Gasteiger partial charge in [0, 0.05) is 12.4 Å². The fraction of sp³-hybridized carbons (Fsp3) is 0. The minimum atomic E-state index is -0.419. The predicted molar refractivity (Wildman–Crippen MR) is 42.4 cm³/mol. The van der Waals surface area contributed by atoms with Gasteiger partial charge in [-0.3, -0.25) is 9.78 Å². The van der Waals surface area contributed by atoms with Gasteiger partial charge in [0.25, 0.3) is 0 Å². The Morgan fingerprint density at radius 2 is 2.45 bits per heavy atom. The first-order valence-corrected chi connectivity index (χ1v) is 3.24. The maximum Gasteiger partial charge on any atom is 0.237 e.